The maximum Gasteiger partial charge on any atom is 0.229 e. The number of amides is 2. The van der Waals surface area contributed by atoms with Crippen LogP contribution in [0.5, 0.6) is 5.75 Å². The fourth-order valence-corrected chi connectivity index (χ4v) is 3.71. The average molecular weight is 380 g/mol. The van der Waals surface area contributed by atoms with Crippen LogP contribution in [0.3, 0.4) is 0 Å². The topological polar surface area (TPSA) is 58.6 Å². The lowest BCUT2D eigenvalue weighted by Gasteiger charge is -2.23. The maximum atomic E-state index is 12.7. The number of carbonyl (C=O) groups excluding carboxylic acids is 2. The number of hydrogen-bond donors (Lipinski definition) is 1. The van der Waals surface area contributed by atoms with Gasteiger partial charge in [-0.15, -0.1) is 0 Å². The van der Waals surface area contributed by atoms with Crippen LogP contribution in [0, 0.1) is 5.92 Å². The Bertz CT molecular complexity index is 823. The molecule has 0 aromatic heterocycles. The molecule has 1 fully saturated rings. The summed E-state index contributed by atoms with van der Waals surface area (Å²) in [6, 6.07) is 13.5. The van der Waals surface area contributed by atoms with Gasteiger partial charge in [-0.2, -0.15) is 0 Å². The van der Waals surface area contributed by atoms with Crippen LogP contribution in [-0.2, 0) is 22.4 Å². The zero-order valence-electron chi connectivity index (χ0n) is 16.8. The normalized spacial score (nSPS) is 16.3. The molecular weight excluding hydrogens is 352 g/mol. The van der Waals surface area contributed by atoms with Crippen LogP contribution >= 0.6 is 0 Å². The van der Waals surface area contributed by atoms with Gasteiger partial charge in [-0.25, -0.2) is 0 Å². The van der Waals surface area contributed by atoms with E-state index in [1.165, 1.54) is 0 Å². The minimum Gasteiger partial charge on any atom is -0.494 e. The molecule has 0 radical (unpaired) electrons. The summed E-state index contributed by atoms with van der Waals surface area (Å²) < 4.78 is 5.42. The smallest absolute Gasteiger partial charge is 0.229 e. The summed E-state index contributed by atoms with van der Waals surface area (Å²) in [6.07, 6.45) is 1.95. The summed E-state index contributed by atoms with van der Waals surface area (Å²) in [6.45, 7) is 7.14. The highest BCUT2D eigenvalue weighted by molar-refractivity contribution is 6.04. The zero-order valence-corrected chi connectivity index (χ0v) is 16.8. The largest absolute Gasteiger partial charge is 0.494 e. The molecule has 5 nitrogen and oxygen atoms in total. The van der Waals surface area contributed by atoms with Crippen LogP contribution in [0.1, 0.15) is 38.3 Å². The fourth-order valence-electron chi connectivity index (χ4n) is 3.71. The van der Waals surface area contributed by atoms with Crippen molar-refractivity contribution in [3.63, 3.8) is 0 Å². The molecule has 0 aliphatic carbocycles. The molecule has 28 heavy (non-hydrogen) atoms. The van der Waals surface area contributed by atoms with E-state index in [1.807, 2.05) is 37.3 Å². The lowest BCUT2D eigenvalue weighted by molar-refractivity contribution is -0.122. The molecule has 5 heteroatoms. The number of aryl methyl sites for hydroxylation is 2. The Kier molecular flexibility index (Phi) is 6.34. The number of rotatable bonds is 7. The summed E-state index contributed by atoms with van der Waals surface area (Å²) in [5, 5.41) is 2.93. The van der Waals surface area contributed by atoms with Crippen molar-refractivity contribution in [1.82, 2.24) is 0 Å². The van der Waals surface area contributed by atoms with Gasteiger partial charge in [-0.3, -0.25) is 9.59 Å². The molecule has 1 aliphatic heterocycles. The molecule has 148 valence electrons. The molecule has 0 bridgehead atoms. The molecule has 0 unspecified atom stereocenters. The summed E-state index contributed by atoms with van der Waals surface area (Å²) in [5.41, 5.74) is 4.01. The average Bonchev–Trinajstić information content (AvgIpc) is 3.10. The van der Waals surface area contributed by atoms with Crippen molar-refractivity contribution in [3.05, 3.63) is 53.6 Å². The van der Waals surface area contributed by atoms with E-state index in [2.05, 4.69) is 31.3 Å². The molecule has 0 saturated carbocycles. The second kappa shape index (κ2) is 8.91. The van der Waals surface area contributed by atoms with E-state index in [0.29, 0.717) is 18.8 Å². The van der Waals surface area contributed by atoms with E-state index >= 15 is 0 Å². The molecule has 1 saturated heterocycles. The van der Waals surface area contributed by atoms with Crippen molar-refractivity contribution in [2.75, 3.05) is 23.4 Å². The Morgan fingerprint density at radius 3 is 2.29 bits per heavy atom. The molecule has 0 spiro atoms. The van der Waals surface area contributed by atoms with Crippen LogP contribution in [-0.4, -0.2) is 25.0 Å². The standard InChI is InChI=1S/C23H28N2O3/c1-4-16-8-7-9-17(5-2)22(16)25-15-18(14-21(25)26)23(27)24-19-10-12-20(13-11-19)28-6-3/h7-13,18H,4-6,14-15H2,1-3H3,(H,24,27)/t18-/m1/s1. The Morgan fingerprint density at radius 2 is 1.71 bits per heavy atom. The van der Waals surface area contributed by atoms with Crippen LogP contribution in [0.4, 0.5) is 11.4 Å². The maximum absolute atomic E-state index is 12.7. The SMILES string of the molecule is CCOc1ccc(NC(=O)[C@@H]2CC(=O)N(c3c(CC)cccc3CC)C2)cc1. The highest BCUT2D eigenvalue weighted by atomic mass is 16.5. The van der Waals surface area contributed by atoms with E-state index in [-0.39, 0.29) is 24.2 Å². The fraction of sp³-hybridized carbons (Fsp3) is 0.391. The van der Waals surface area contributed by atoms with Crippen molar-refractivity contribution in [1.29, 1.82) is 0 Å². The number of nitrogens with one attached hydrogen (secondary N) is 1. The predicted octanol–water partition coefficient (Wildman–Crippen LogP) is 4.20. The number of ether oxygens (including phenoxy) is 1. The first-order chi connectivity index (χ1) is 13.6. The highest BCUT2D eigenvalue weighted by Crippen LogP contribution is 2.33. The van der Waals surface area contributed by atoms with Gasteiger partial charge in [-0.05, 0) is 55.2 Å². The summed E-state index contributed by atoms with van der Waals surface area (Å²) in [4.78, 5) is 27.3. The third-order valence-electron chi connectivity index (χ3n) is 5.16. The van der Waals surface area contributed by atoms with Crippen molar-refractivity contribution < 1.29 is 14.3 Å². The molecule has 2 aromatic carbocycles. The van der Waals surface area contributed by atoms with Crippen molar-refractivity contribution in [2.45, 2.75) is 40.0 Å². The van der Waals surface area contributed by atoms with E-state index in [9.17, 15) is 9.59 Å². The molecular formula is C23H28N2O3. The van der Waals surface area contributed by atoms with Crippen LogP contribution in [0.25, 0.3) is 0 Å². The second-order valence-electron chi connectivity index (χ2n) is 6.98. The second-order valence-corrected chi connectivity index (χ2v) is 6.98. The van der Waals surface area contributed by atoms with Gasteiger partial charge in [0.15, 0.2) is 0 Å². The van der Waals surface area contributed by atoms with E-state index in [4.69, 9.17) is 4.74 Å². The third-order valence-corrected chi connectivity index (χ3v) is 5.16. The first kappa shape index (κ1) is 19.9. The van der Waals surface area contributed by atoms with Gasteiger partial charge in [-0.1, -0.05) is 32.0 Å². The lowest BCUT2D eigenvalue weighted by Crippen LogP contribution is -2.29. The summed E-state index contributed by atoms with van der Waals surface area (Å²) in [5.74, 6) is 0.314. The first-order valence-corrected chi connectivity index (χ1v) is 10.0. The van der Waals surface area contributed by atoms with Gasteiger partial charge in [0.05, 0.1) is 12.5 Å². The number of carbonyl (C=O) groups is 2. The van der Waals surface area contributed by atoms with E-state index in [0.717, 1.165) is 35.4 Å². The number of anilines is 2. The van der Waals surface area contributed by atoms with Crippen molar-refractivity contribution in [3.8, 4) is 5.75 Å². The van der Waals surface area contributed by atoms with Gasteiger partial charge in [0, 0.05) is 24.3 Å². The minimum absolute atomic E-state index is 0.0162. The lowest BCUT2D eigenvalue weighted by atomic mass is 10.0. The minimum atomic E-state index is -0.353. The number of benzene rings is 2. The monoisotopic (exact) mass is 380 g/mol. The summed E-state index contributed by atoms with van der Waals surface area (Å²) >= 11 is 0. The first-order valence-electron chi connectivity index (χ1n) is 10.0. The van der Waals surface area contributed by atoms with Gasteiger partial charge in [0.1, 0.15) is 5.75 Å². The van der Waals surface area contributed by atoms with E-state index < -0.39 is 0 Å². The third kappa shape index (κ3) is 4.19. The molecule has 3 rings (SSSR count). The molecule has 1 heterocycles. The Labute approximate surface area is 166 Å². The molecule has 1 aliphatic rings. The summed E-state index contributed by atoms with van der Waals surface area (Å²) in [7, 11) is 0. The van der Waals surface area contributed by atoms with Gasteiger partial charge < -0.3 is 15.0 Å². The Hall–Kier alpha value is -2.82. The van der Waals surface area contributed by atoms with E-state index in [1.54, 1.807) is 4.90 Å². The molecule has 2 amide bonds. The van der Waals surface area contributed by atoms with Crippen molar-refractivity contribution >= 4 is 23.2 Å². The Balaban J connectivity index is 1.73. The number of para-hydroxylation sites is 1. The number of hydrogen-bond acceptors (Lipinski definition) is 3. The van der Waals surface area contributed by atoms with Crippen LogP contribution in [0.15, 0.2) is 42.5 Å². The molecule has 2 aromatic rings. The van der Waals surface area contributed by atoms with Gasteiger partial charge in [0.25, 0.3) is 0 Å². The van der Waals surface area contributed by atoms with Crippen LogP contribution < -0.4 is 15.0 Å². The number of nitrogens with zero attached hydrogens (tertiary/aromatic N) is 1. The Morgan fingerprint density at radius 1 is 1.07 bits per heavy atom. The quantitative estimate of drug-likeness (QED) is 0.783. The van der Waals surface area contributed by atoms with Gasteiger partial charge >= 0.3 is 0 Å². The molecule has 1 atom stereocenters. The zero-order chi connectivity index (χ0) is 20.1. The van der Waals surface area contributed by atoms with Gasteiger partial charge in [0.2, 0.25) is 11.8 Å². The highest BCUT2D eigenvalue weighted by Gasteiger charge is 2.36. The molecule has 1 N–H and O–H groups in total. The van der Waals surface area contributed by atoms with Crippen LogP contribution in [0.2, 0.25) is 0 Å². The van der Waals surface area contributed by atoms with Crippen molar-refractivity contribution in [2.24, 2.45) is 5.92 Å². The predicted molar refractivity (Wildman–Crippen MR) is 112 cm³/mol.